The smallest absolute Gasteiger partial charge is 0.226 e. The number of aryl methyl sites for hydroxylation is 1. The number of carbonyl (C=O) groups is 1. The van der Waals surface area contributed by atoms with Crippen molar-refractivity contribution in [3.63, 3.8) is 0 Å². The highest BCUT2D eigenvalue weighted by molar-refractivity contribution is 7.88. The van der Waals surface area contributed by atoms with Crippen molar-refractivity contribution in [3.8, 4) is 0 Å². The molecule has 1 amide bonds. The second-order valence-corrected chi connectivity index (χ2v) is 7.97. The van der Waals surface area contributed by atoms with Gasteiger partial charge < -0.3 is 5.32 Å². The Hall–Kier alpha value is -1.89. The first kappa shape index (κ1) is 19.4. The molecule has 0 aromatic heterocycles. The third-order valence-electron chi connectivity index (χ3n) is 3.69. The maximum Gasteiger partial charge on any atom is 0.226 e. The Bertz CT molecular complexity index is 836. The molecule has 2 aromatic rings. The molecule has 25 heavy (non-hydrogen) atoms. The van der Waals surface area contributed by atoms with E-state index in [-0.39, 0.29) is 12.3 Å². The first-order valence-electron chi connectivity index (χ1n) is 7.89. The van der Waals surface area contributed by atoms with Crippen LogP contribution in [0.2, 0.25) is 5.02 Å². The van der Waals surface area contributed by atoms with Crippen LogP contribution in [-0.4, -0.2) is 20.6 Å². The summed E-state index contributed by atoms with van der Waals surface area (Å²) in [7, 11) is -3.48. The first-order valence-corrected chi connectivity index (χ1v) is 10.2. The SMILES string of the molecule is CCc1ccccc1NC(=O)C[C@@H](NS(C)(=O)=O)c1ccc(Cl)cc1. The van der Waals surface area contributed by atoms with E-state index in [4.69, 9.17) is 11.6 Å². The van der Waals surface area contributed by atoms with Crippen LogP contribution in [-0.2, 0) is 21.2 Å². The number of carbonyl (C=O) groups excluding carboxylic acids is 1. The molecule has 134 valence electrons. The molecule has 7 heteroatoms. The molecule has 0 fully saturated rings. The minimum absolute atomic E-state index is 0.0211. The molecule has 0 spiro atoms. The minimum atomic E-state index is -3.48. The zero-order valence-electron chi connectivity index (χ0n) is 14.1. The summed E-state index contributed by atoms with van der Waals surface area (Å²) in [5.74, 6) is -0.267. The molecule has 0 saturated carbocycles. The van der Waals surface area contributed by atoms with E-state index in [0.29, 0.717) is 10.6 Å². The van der Waals surface area contributed by atoms with Gasteiger partial charge in [0.15, 0.2) is 0 Å². The molecule has 0 bridgehead atoms. The van der Waals surface area contributed by atoms with E-state index < -0.39 is 16.1 Å². The third-order valence-corrected chi connectivity index (χ3v) is 4.66. The highest BCUT2D eigenvalue weighted by Crippen LogP contribution is 2.22. The lowest BCUT2D eigenvalue weighted by Crippen LogP contribution is -2.30. The molecular weight excluding hydrogens is 360 g/mol. The zero-order valence-corrected chi connectivity index (χ0v) is 15.7. The fourth-order valence-electron chi connectivity index (χ4n) is 2.52. The summed E-state index contributed by atoms with van der Waals surface area (Å²) in [6, 6.07) is 13.6. The van der Waals surface area contributed by atoms with Crippen LogP contribution < -0.4 is 10.0 Å². The lowest BCUT2D eigenvalue weighted by Gasteiger charge is -2.18. The molecule has 0 radical (unpaired) electrons. The molecule has 2 aromatic carbocycles. The second kappa shape index (κ2) is 8.47. The predicted octanol–water partition coefficient (Wildman–Crippen LogP) is 3.52. The molecular formula is C18H21ClN2O3S. The number of anilines is 1. The number of sulfonamides is 1. The average molecular weight is 381 g/mol. The van der Waals surface area contributed by atoms with Crippen LogP contribution in [0.25, 0.3) is 0 Å². The number of benzene rings is 2. The van der Waals surface area contributed by atoms with Crippen molar-refractivity contribution >= 4 is 33.2 Å². The van der Waals surface area contributed by atoms with E-state index >= 15 is 0 Å². The molecule has 0 unspecified atom stereocenters. The minimum Gasteiger partial charge on any atom is -0.326 e. The van der Waals surface area contributed by atoms with Crippen molar-refractivity contribution in [3.05, 3.63) is 64.7 Å². The van der Waals surface area contributed by atoms with Gasteiger partial charge in [0.2, 0.25) is 15.9 Å². The molecule has 0 saturated heterocycles. The van der Waals surface area contributed by atoms with Gasteiger partial charge >= 0.3 is 0 Å². The Labute approximate surface area is 153 Å². The molecule has 2 N–H and O–H groups in total. The number of para-hydroxylation sites is 1. The summed E-state index contributed by atoms with van der Waals surface area (Å²) in [6.07, 6.45) is 1.84. The quantitative estimate of drug-likeness (QED) is 0.771. The van der Waals surface area contributed by atoms with Gasteiger partial charge in [0.25, 0.3) is 0 Å². The number of hydrogen-bond acceptors (Lipinski definition) is 3. The largest absolute Gasteiger partial charge is 0.326 e. The van der Waals surface area contributed by atoms with Crippen LogP contribution >= 0.6 is 11.6 Å². The number of rotatable bonds is 7. The Kier molecular flexibility index (Phi) is 6.58. The van der Waals surface area contributed by atoms with Gasteiger partial charge in [-0.3, -0.25) is 4.79 Å². The standard InChI is InChI=1S/C18H21ClN2O3S/c1-3-13-6-4-5-7-16(13)20-18(22)12-17(21-25(2,23)24)14-8-10-15(19)11-9-14/h4-11,17,21H,3,12H2,1-2H3,(H,20,22)/t17-/m1/s1. The van der Waals surface area contributed by atoms with Gasteiger partial charge in [-0.15, -0.1) is 0 Å². The Morgan fingerprint density at radius 1 is 1.12 bits per heavy atom. The van der Waals surface area contributed by atoms with Gasteiger partial charge in [0.05, 0.1) is 12.3 Å². The van der Waals surface area contributed by atoms with Crippen LogP contribution in [0.1, 0.15) is 30.5 Å². The molecule has 0 aliphatic heterocycles. The molecule has 0 aliphatic carbocycles. The lowest BCUT2D eigenvalue weighted by atomic mass is 10.0. The van der Waals surface area contributed by atoms with Crippen molar-refractivity contribution in [1.82, 2.24) is 4.72 Å². The van der Waals surface area contributed by atoms with E-state index in [1.807, 2.05) is 31.2 Å². The highest BCUT2D eigenvalue weighted by Gasteiger charge is 2.20. The molecule has 2 rings (SSSR count). The number of amides is 1. The van der Waals surface area contributed by atoms with Crippen LogP contribution in [0.15, 0.2) is 48.5 Å². The molecule has 0 aliphatic rings. The van der Waals surface area contributed by atoms with Gasteiger partial charge in [0.1, 0.15) is 0 Å². The fourth-order valence-corrected chi connectivity index (χ4v) is 3.38. The monoisotopic (exact) mass is 380 g/mol. The number of nitrogens with one attached hydrogen (secondary N) is 2. The van der Waals surface area contributed by atoms with Gasteiger partial charge in [-0.05, 0) is 35.7 Å². The summed E-state index contributed by atoms with van der Waals surface area (Å²) < 4.78 is 25.8. The van der Waals surface area contributed by atoms with E-state index in [1.165, 1.54) is 0 Å². The van der Waals surface area contributed by atoms with Crippen LogP contribution in [0.5, 0.6) is 0 Å². The zero-order chi connectivity index (χ0) is 18.4. The van der Waals surface area contributed by atoms with Gasteiger partial charge in [-0.1, -0.05) is 48.9 Å². The van der Waals surface area contributed by atoms with Crippen molar-refractivity contribution in [2.45, 2.75) is 25.8 Å². The number of hydrogen-bond donors (Lipinski definition) is 2. The van der Waals surface area contributed by atoms with Crippen molar-refractivity contribution < 1.29 is 13.2 Å². The van der Waals surface area contributed by atoms with Gasteiger partial charge in [-0.2, -0.15) is 0 Å². The fraction of sp³-hybridized carbons (Fsp3) is 0.278. The topological polar surface area (TPSA) is 75.3 Å². The summed E-state index contributed by atoms with van der Waals surface area (Å²) in [4.78, 5) is 12.4. The second-order valence-electron chi connectivity index (χ2n) is 5.76. The Balaban J connectivity index is 2.18. The highest BCUT2D eigenvalue weighted by atomic mass is 35.5. The van der Waals surface area contributed by atoms with Crippen LogP contribution in [0.3, 0.4) is 0 Å². The van der Waals surface area contributed by atoms with Gasteiger partial charge in [-0.25, -0.2) is 13.1 Å². The normalized spacial score (nSPS) is 12.6. The molecule has 5 nitrogen and oxygen atoms in total. The molecule has 1 atom stereocenters. The van der Waals surface area contributed by atoms with E-state index in [2.05, 4.69) is 10.0 Å². The Morgan fingerprint density at radius 2 is 1.76 bits per heavy atom. The maximum absolute atomic E-state index is 12.4. The third kappa shape index (κ3) is 6.16. The average Bonchev–Trinajstić information content (AvgIpc) is 2.54. The maximum atomic E-state index is 12.4. The summed E-state index contributed by atoms with van der Waals surface area (Å²) >= 11 is 5.88. The van der Waals surface area contributed by atoms with Gasteiger partial charge in [0, 0.05) is 17.1 Å². The number of halogens is 1. The van der Waals surface area contributed by atoms with Crippen LogP contribution in [0.4, 0.5) is 5.69 Å². The summed E-state index contributed by atoms with van der Waals surface area (Å²) in [5.41, 5.74) is 2.44. The Morgan fingerprint density at radius 3 is 2.36 bits per heavy atom. The summed E-state index contributed by atoms with van der Waals surface area (Å²) in [6.45, 7) is 2.01. The summed E-state index contributed by atoms with van der Waals surface area (Å²) in [5, 5.41) is 3.40. The van der Waals surface area contributed by atoms with Crippen molar-refractivity contribution in [1.29, 1.82) is 0 Å². The van der Waals surface area contributed by atoms with Crippen LogP contribution in [0, 0.1) is 0 Å². The van der Waals surface area contributed by atoms with E-state index in [0.717, 1.165) is 23.9 Å². The predicted molar refractivity (Wildman–Crippen MR) is 101 cm³/mol. The molecule has 0 heterocycles. The van der Waals surface area contributed by atoms with Crippen molar-refractivity contribution in [2.75, 3.05) is 11.6 Å². The first-order chi connectivity index (χ1) is 11.8. The lowest BCUT2D eigenvalue weighted by molar-refractivity contribution is -0.116. The van der Waals surface area contributed by atoms with E-state index in [9.17, 15) is 13.2 Å². The van der Waals surface area contributed by atoms with E-state index in [1.54, 1.807) is 24.3 Å². The van der Waals surface area contributed by atoms with Crippen molar-refractivity contribution in [2.24, 2.45) is 0 Å².